The van der Waals surface area contributed by atoms with Crippen LogP contribution in [0.2, 0.25) is 0 Å². The zero-order valence-electron chi connectivity index (χ0n) is 48.8. The average molecular weight is 1230 g/mol. The van der Waals surface area contributed by atoms with Crippen LogP contribution in [0.5, 0.6) is 0 Å². The third kappa shape index (κ3) is 12.4. The highest BCUT2D eigenvalue weighted by Crippen LogP contribution is 2.71. The molecule has 1 unspecified atom stereocenters. The Kier molecular flexibility index (Phi) is 20.8. The second-order valence-corrected chi connectivity index (χ2v) is 27.1. The van der Waals surface area contributed by atoms with Crippen LogP contribution in [0, 0.1) is 52.3 Å². The molecule has 85 heavy (non-hydrogen) atoms. The lowest BCUT2D eigenvalue weighted by atomic mass is 9.44. The number of hydrogen-bond donors (Lipinski definition) is 17. The van der Waals surface area contributed by atoms with Gasteiger partial charge in [-0.05, 0) is 111 Å². The van der Waals surface area contributed by atoms with E-state index in [2.05, 4.69) is 20.8 Å². The monoisotopic (exact) mass is 1230 g/mol. The summed E-state index contributed by atoms with van der Waals surface area (Å²) in [5.74, 6) is -0.282. The van der Waals surface area contributed by atoms with Crippen molar-refractivity contribution in [3.63, 3.8) is 0 Å². The molecule has 0 bridgehead atoms. The molecule has 0 aromatic carbocycles. The van der Waals surface area contributed by atoms with Gasteiger partial charge in [-0.15, -0.1) is 0 Å². The van der Waals surface area contributed by atoms with Gasteiger partial charge in [-0.25, -0.2) is 0 Å². The van der Waals surface area contributed by atoms with Crippen molar-refractivity contribution in [3.8, 4) is 0 Å². The molecule has 28 nitrogen and oxygen atoms in total. The number of aliphatic hydroxyl groups is 17. The molecule has 0 spiro atoms. The molecule has 10 rings (SSSR count). The topological polar surface area (TPSA) is 445 Å². The first-order chi connectivity index (χ1) is 40.2. The van der Waals surface area contributed by atoms with Gasteiger partial charge < -0.3 is 139 Å². The zero-order valence-corrected chi connectivity index (χ0v) is 48.8. The fourth-order valence-electron chi connectivity index (χ4n) is 17.0. The van der Waals surface area contributed by atoms with Crippen molar-refractivity contribution in [1.29, 1.82) is 0 Å². The molecular weight excluding hydrogens is 1130 g/mol. The summed E-state index contributed by atoms with van der Waals surface area (Å²) in [6.07, 6.45) is -34.1. The lowest BCUT2D eigenvalue weighted by Gasteiger charge is -2.61. The van der Waals surface area contributed by atoms with Crippen LogP contribution < -0.4 is 0 Å². The highest BCUT2D eigenvalue weighted by Gasteiger charge is 2.69. The van der Waals surface area contributed by atoms with E-state index in [0.717, 1.165) is 38.5 Å². The van der Waals surface area contributed by atoms with Gasteiger partial charge in [-0.2, -0.15) is 0 Å². The summed E-state index contributed by atoms with van der Waals surface area (Å²) in [6, 6.07) is 0. The third-order valence-electron chi connectivity index (χ3n) is 22.2. The maximum absolute atomic E-state index is 12.5. The first kappa shape index (κ1) is 66.8. The van der Waals surface area contributed by atoms with Crippen LogP contribution in [-0.2, 0) is 52.1 Å². The largest absolute Gasteiger partial charge is 0.394 e. The van der Waals surface area contributed by atoms with Crippen molar-refractivity contribution in [1.82, 2.24) is 0 Å². The Morgan fingerprint density at radius 3 is 1.61 bits per heavy atom. The van der Waals surface area contributed by atoms with Gasteiger partial charge in [0.2, 0.25) is 0 Å². The molecule has 28 heteroatoms. The van der Waals surface area contributed by atoms with Crippen LogP contribution in [0.15, 0.2) is 0 Å². The molecule has 4 saturated carbocycles. The lowest BCUT2D eigenvalue weighted by molar-refractivity contribution is -0.395. The second-order valence-electron chi connectivity index (χ2n) is 27.1. The van der Waals surface area contributed by atoms with Crippen LogP contribution >= 0.6 is 0 Å². The number of rotatable bonds is 18. The molecule has 0 aromatic rings. The quantitative estimate of drug-likeness (QED) is 0.0571. The molecule has 10 fully saturated rings. The minimum atomic E-state index is -1.95. The number of hydrogen-bond acceptors (Lipinski definition) is 28. The highest BCUT2D eigenvalue weighted by atomic mass is 16.8. The molecule has 10 aliphatic rings. The standard InChI is InChI=1S/C57H96O28/c1-21(19-75-50-43(69)40(66)36(62)30(16-58)79-50)8-13-57(74)22(2)34-29(85-57)15-28-26-7-6-24-14-25(9-11-55(24,4)27(26)10-12-56(28,34)5)78-54-49(84-53-46(72)42(68)38(64)32(18-60)81-53)47(73)48(83-52-45(71)39(65)35(61)23(3)77-52)33(82-54)20-76-51-44(70)41(67)37(63)31(17-59)80-51/h21-54,58-74H,6-20H2,1-5H3/t21?,22-,23+,24+,25-,26+,27-,28-,29-,30-,31+,32+,33+,34-,35-,36-,37-,38+,39+,40-,41-,42-,43-,44+,45+,46+,47-,48+,49+,50+,51+,52-,53-,54+,55-,56-,57+/m0/s1. The first-order valence-corrected chi connectivity index (χ1v) is 30.7. The van der Waals surface area contributed by atoms with E-state index in [0.29, 0.717) is 43.4 Å². The summed E-state index contributed by atoms with van der Waals surface area (Å²) in [4.78, 5) is 0. The van der Waals surface area contributed by atoms with Gasteiger partial charge in [0, 0.05) is 12.3 Å². The minimum Gasteiger partial charge on any atom is -0.394 e. The maximum Gasteiger partial charge on any atom is 0.187 e. The molecule has 6 heterocycles. The number of fused-ring (bicyclic) bond motifs is 7. The SMILES string of the molecule is CC(CC[C@@]1(O)O[C@H]2C[C@H]3[C@@H]4CC[C@@H]5C[C@@H](O[C@@H]6O[C@H](CO[C@@H]7O[C@H](CO)[C@H](O)[C@H](O)[C@H]7O)[C@@H](O[C@@H]7O[C@H](C)[C@H](O)[C@@H](O)[C@H]7O)[C@H](O)[C@H]6O[C@@H]6O[C@H](CO)[C@@H](O)[C@H](O)[C@H]6O)CC[C@]5(C)[C@H]4CC[C@]3(C)[C@H]2[C@@H]1C)CO[C@@H]1O[C@@H](CO)[C@H](O)[C@H](O)[C@@H]1O. The Balaban J connectivity index is 0.826. The fourth-order valence-corrected chi connectivity index (χ4v) is 17.0. The Hall–Kier alpha value is -1.12. The molecule has 0 aromatic heterocycles. The van der Waals surface area contributed by atoms with E-state index in [1.807, 2.05) is 6.92 Å². The number of ether oxygens (including phenoxy) is 11. The van der Waals surface area contributed by atoms with E-state index >= 15 is 0 Å². The van der Waals surface area contributed by atoms with Crippen LogP contribution in [0.3, 0.4) is 0 Å². The molecule has 4 aliphatic carbocycles. The molecule has 17 N–H and O–H groups in total. The van der Waals surface area contributed by atoms with E-state index in [4.69, 9.17) is 52.1 Å². The Morgan fingerprint density at radius 1 is 0.494 bits per heavy atom. The van der Waals surface area contributed by atoms with Crippen LogP contribution in [-0.4, -0.2) is 291 Å². The molecule has 0 radical (unpaired) electrons. The van der Waals surface area contributed by atoms with Crippen molar-refractivity contribution in [2.45, 2.75) is 270 Å². The van der Waals surface area contributed by atoms with E-state index in [9.17, 15) is 86.8 Å². The summed E-state index contributed by atoms with van der Waals surface area (Å²) in [7, 11) is 0. The van der Waals surface area contributed by atoms with Crippen molar-refractivity contribution in [2.24, 2.45) is 52.3 Å². The third-order valence-corrected chi connectivity index (χ3v) is 22.2. The van der Waals surface area contributed by atoms with Crippen molar-refractivity contribution >= 4 is 0 Å². The highest BCUT2D eigenvalue weighted by molar-refractivity contribution is 5.15. The van der Waals surface area contributed by atoms with Gasteiger partial charge in [0.15, 0.2) is 37.2 Å². The Bertz CT molecular complexity index is 2170. The summed E-state index contributed by atoms with van der Waals surface area (Å²) in [5, 5.41) is 182. The van der Waals surface area contributed by atoms with E-state index < -0.39 is 192 Å². The maximum atomic E-state index is 12.5. The summed E-state index contributed by atoms with van der Waals surface area (Å²) in [5.41, 5.74) is -0.212. The zero-order chi connectivity index (χ0) is 61.5. The van der Waals surface area contributed by atoms with Gasteiger partial charge in [0.05, 0.1) is 51.3 Å². The smallest absolute Gasteiger partial charge is 0.187 e. The number of aliphatic hydroxyl groups excluding tert-OH is 16. The predicted octanol–water partition coefficient (Wildman–Crippen LogP) is -5.10. The van der Waals surface area contributed by atoms with Gasteiger partial charge in [0.1, 0.15) is 116 Å². The molecular formula is C57H96O28. The average Bonchev–Trinajstić information content (AvgIpc) is 1.64. The van der Waals surface area contributed by atoms with Gasteiger partial charge in [0.25, 0.3) is 0 Å². The van der Waals surface area contributed by atoms with Crippen molar-refractivity contribution in [3.05, 3.63) is 0 Å². The Labute approximate surface area is 493 Å². The molecule has 37 atom stereocenters. The van der Waals surface area contributed by atoms with Crippen molar-refractivity contribution < 1.29 is 139 Å². The minimum absolute atomic E-state index is 0.0999. The summed E-state index contributed by atoms with van der Waals surface area (Å²) in [6.45, 7) is 7.51. The van der Waals surface area contributed by atoms with Gasteiger partial charge in [-0.1, -0.05) is 27.7 Å². The molecule has 6 aliphatic heterocycles. The normalized spacial score (nSPS) is 55.8. The van der Waals surface area contributed by atoms with E-state index in [-0.39, 0.29) is 47.2 Å². The first-order valence-electron chi connectivity index (χ1n) is 30.7. The van der Waals surface area contributed by atoms with Crippen molar-refractivity contribution in [2.75, 3.05) is 33.0 Å². The molecule has 492 valence electrons. The van der Waals surface area contributed by atoms with E-state index in [1.165, 1.54) is 6.92 Å². The summed E-state index contributed by atoms with van der Waals surface area (Å²) >= 11 is 0. The molecule has 0 amide bonds. The second kappa shape index (κ2) is 26.5. The lowest BCUT2D eigenvalue weighted by Crippen LogP contribution is -2.67. The van der Waals surface area contributed by atoms with E-state index in [1.54, 1.807) is 0 Å². The molecule has 6 saturated heterocycles. The fraction of sp³-hybridized carbons (Fsp3) is 1.00. The van der Waals surface area contributed by atoms with Crippen LogP contribution in [0.1, 0.15) is 98.8 Å². The van der Waals surface area contributed by atoms with Gasteiger partial charge >= 0.3 is 0 Å². The van der Waals surface area contributed by atoms with Crippen LogP contribution in [0.25, 0.3) is 0 Å². The van der Waals surface area contributed by atoms with Crippen LogP contribution in [0.4, 0.5) is 0 Å². The Morgan fingerprint density at radius 2 is 1.01 bits per heavy atom. The predicted molar refractivity (Wildman–Crippen MR) is 283 cm³/mol. The summed E-state index contributed by atoms with van der Waals surface area (Å²) < 4.78 is 67.0. The van der Waals surface area contributed by atoms with Gasteiger partial charge in [-0.3, -0.25) is 0 Å².